The normalized spacial score (nSPS) is 30.5. The van der Waals surface area contributed by atoms with E-state index in [-0.39, 0.29) is 0 Å². The summed E-state index contributed by atoms with van der Waals surface area (Å²) < 4.78 is 5.49. The van der Waals surface area contributed by atoms with E-state index >= 15 is 0 Å². The molecule has 1 nitrogen and oxygen atoms in total. The molecule has 0 bridgehead atoms. The van der Waals surface area contributed by atoms with Crippen molar-refractivity contribution in [3.05, 3.63) is 34.4 Å². The predicted molar refractivity (Wildman–Crippen MR) is 94.0 cm³/mol. The minimum atomic E-state index is 0.694. The Morgan fingerprint density at radius 2 is 1.91 bits per heavy atom. The zero-order valence-corrected chi connectivity index (χ0v) is 14.6. The molecule has 0 aliphatic heterocycles. The van der Waals surface area contributed by atoms with Gasteiger partial charge in [-0.25, -0.2) is 0 Å². The van der Waals surface area contributed by atoms with Crippen LogP contribution in [0.2, 0.25) is 0 Å². The van der Waals surface area contributed by atoms with Gasteiger partial charge >= 0.3 is 0 Å². The maximum absolute atomic E-state index is 6.13. The molecule has 0 aromatic rings. The smallest absolute Gasteiger partial charge is 0.0493 e. The van der Waals surface area contributed by atoms with E-state index in [2.05, 4.69) is 18.2 Å². The number of methoxy groups -OCH3 is 1. The van der Waals surface area contributed by atoms with Crippen LogP contribution in [0.25, 0.3) is 0 Å². The van der Waals surface area contributed by atoms with Crippen LogP contribution in [-0.2, 0) is 4.74 Å². The fourth-order valence-corrected chi connectivity index (χ4v) is 4.70. The van der Waals surface area contributed by atoms with Crippen molar-refractivity contribution in [3.63, 3.8) is 0 Å². The molecule has 0 radical (unpaired) electrons. The Kier molecular flexibility index (Phi) is 5.82. The zero-order valence-electron chi connectivity index (χ0n) is 13.8. The molecule has 1 fully saturated rings. The number of hydrogen-bond donors (Lipinski definition) is 0. The minimum Gasteiger partial charge on any atom is -0.384 e. The minimum absolute atomic E-state index is 0.694. The van der Waals surface area contributed by atoms with E-state index in [1.807, 2.05) is 7.11 Å². The van der Waals surface area contributed by atoms with Crippen LogP contribution in [0.1, 0.15) is 57.8 Å². The SMILES string of the molecule is COCC1CC(C2=CC=C(Cl)CC2)=CC(C2CCCCC2)C1. The maximum Gasteiger partial charge on any atom is 0.0493 e. The first-order valence-corrected chi connectivity index (χ1v) is 9.39. The molecule has 0 amide bonds. The molecule has 3 aliphatic carbocycles. The van der Waals surface area contributed by atoms with Gasteiger partial charge in [0.2, 0.25) is 0 Å². The summed E-state index contributed by atoms with van der Waals surface area (Å²) in [6, 6.07) is 0. The molecule has 22 heavy (non-hydrogen) atoms. The van der Waals surface area contributed by atoms with Gasteiger partial charge in [-0.15, -0.1) is 0 Å². The van der Waals surface area contributed by atoms with Gasteiger partial charge in [0, 0.05) is 18.7 Å². The second-order valence-electron chi connectivity index (χ2n) is 7.32. The van der Waals surface area contributed by atoms with E-state index in [0.29, 0.717) is 5.92 Å². The fourth-order valence-electron chi connectivity index (χ4n) is 4.54. The number of ether oxygens (including phenoxy) is 1. The van der Waals surface area contributed by atoms with Gasteiger partial charge in [-0.05, 0) is 73.5 Å². The van der Waals surface area contributed by atoms with Crippen LogP contribution < -0.4 is 0 Å². The molecule has 2 unspecified atom stereocenters. The number of halogens is 1. The van der Waals surface area contributed by atoms with Crippen molar-refractivity contribution in [1.82, 2.24) is 0 Å². The molecular formula is C20H29ClO. The summed E-state index contributed by atoms with van der Waals surface area (Å²) >= 11 is 6.13. The van der Waals surface area contributed by atoms with Gasteiger partial charge in [0.15, 0.2) is 0 Å². The highest BCUT2D eigenvalue weighted by atomic mass is 35.5. The molecule has 3 aliphatic rings. The van der Waals surface area contributed by atoms with Crippen molar-refractivity contribution in [2.24, 2.45) is 17.8 Å². The molecule has 0 spiro atoms. The van der Waals surface area contributed by atoms with E-state index in [0.717, 1.165) is 36.3 Å². The average molecular weight is 321 g/mol. The topological polar surface area (TPSA) is 9.23 Å². The third kappa shape index (κ3) is 4.06. The molecular weight excluding hydrogens is 292 g/mol. The van der Waals surface area contributed by atoms with Gasteiger partial charge in [0.05, 0.1) is 0 Å². The summed E-state index contributed by atoms with van der Waals surface area (Å²) in [6.45, 7) is 0.907. The van der Waals surface area contributed by atoms with E-state index in [1.54, 1.807) is 5.57 Å². The summed E-state index contributed by atoms with van der Waals surface area (Å²) in [5.41, 5.74) is 3.11. The van der Waals surface area contributed by atoms with Crippen molar-refractivity contribution >= 4 is 11.6 Å². The summed E-state index contributed by atoms with van der Waals surface area (Å²) in [5, 5.41) is 0.998. The lowest BCUT2D eigenvalue weighted by molar-refractivity contribution is 0.125. The van der Waals surface area contributed by atoms with Crippen LogP contribution in [-0.4, -0.2) is 13.7 Å². The van der Waals surface area contributed by atoms with E-state index in [1.165, 1.54) is 50.5 Å². The molecule has 2 heteroatoms. The summed E-state index contributed by atoms with van der Waals surface area (Å²) in [4.78, 5) is 0. The Balaban J connectivity index is 1.78. The molecule has 0 aromatic heterocycles. The van der Waals surface area contributed by atoms with Crippen LogP contribution in [0.5, 0.6) is 0 Å². The van der Waals surface area contributed by atoms with E-state index < -0.39 is 0 Å². The molecule has 122 valence electrons. The molecule has 2 atom stereocenters. The maximum atomic E-state index is 6.13. The summed E-state index contributed by atoms with van der Waals surface area (Å²) in [6.07, 6.45) is 18.8. The Labute approximate surface area is 140 Å². The largest absolute Gasteiger partial charge is 0.384 e. The molecule has 1 saturated carbocycles. The van der Waals surface area contributed by atoms with Crippen molar-refractivity contribution < 1.29 is 4.74 Å². The quantitative estimate of drug-likeness (QED) is 0.616. The van der Waals surface area contributed by atoms with E-state index in [9.17, 15) is 0 Å². The summed E-state index contributed by atoms with van der Waals surface area (Å²) in [5.74, 6) is 2.37. The van der Waals surface area contributed by atoms with Gasteiger partial charge in [0.1, 0.15) is 0 Å². The summed E-state index contributed by atoms with van der Waals surface area (Å²) in [7, 11) is 1.84. The predicted octanol–water partition coefficient (Wildman–Crippen LogP) is 6.01. The second-order valence-corrected chi connectivity index (χ2v) is 7.81. The molecule has 0 heterocycles. The highest BCUT2D eigenvalue weighted by molar-refractivity contribution is 6.29. The van der Waals surface area contributed by atoms with Crippen LogP contribution in [0.3, 0.4) is 0 Å². The van der Waals surface area contributed by atoms with Gasteiger partial charge in [0.25, 0.3) is 0 Å². The molecule has 0 N–H and O–H groups in total. The van der Waals surface area contributed by atoms with Crippen molar-refractivity contribution in [2.45, 2.75) is 57.8 Å². The number of hydrogen-bond acceptors (Lipinski definition) is 1. The first-order chi connectivity index (χ1) is 10.8. The van der Waals surface area contributed by atoms with Crippen LogP contribution in [0.15, 0.2) is 34.4 Å². The first-order valence-electron chi connectivity index (χ1n) is 9.01. The second kappa shape index (κ2) is 7.84. The Morgan fingerprint density at radius 1 is 1.09 bits per heavy atom. The van der Waals surface area contributed by atoms with Gasteiger partial charge in [-0.3, -0.25) is 0 Å². The van der Waals surface area contributed by atoms with Gasteiger partial charge < -0.3 is 4.74 Å². The van der Waals surface area contributed by atoms with Crippen LogP contribution in [0.4, 0.5) is 0 Å². The van der Waals surface area contributed by atoms with Gasteiger partial charge in [-0.1, -0.05) is 43.0 Å². The Morgan fingerprint density at radius 3 is 2.59 bits per heavy atom. The highest BCUT2D eigenvalue weighted by Crippen LogP contribution is 2.42. The van der Waals surface area contributed by atoms with Crippen molar-refractivity contribution in [1.29, 1.82) is 0 Å². The lowest BCUT2D eigenvalue weighted by atomic mass is 9.70. The highest BCUT2D eigenvalue weighted by Gasteiger charge is 2.30. The van der Waals surface area contributed by atoms with Gasteiger partial charge in [-0.2, -0.15) is 0 Å². The third-order valence-corrected chi connectivity index (χ3v) is 6.01. The Bertz CT molecular complexity index is 468. The lowest BCUT2D eigenvalue weighted by Gasteiger charge is -2.36. The zero-order chi connectivity index (χ0) is 15.4. The fraction of sp³-hybridized carbons (Fsp3) is 0.700. The average Bonchev–Trinajstić information content (AvgIpc) is 2.56. The lowest BCUT2D eigenvalue weighted by Crippen LogP contribution is -2.26. The molecule has 0 saturated heterocycles. The first kappa shape index (κ1) is 16.3. The molecule has 0 aromatic carbocycles. The van der Waals surface area contributed by atoms with E-state index in [4.69, 9.17) is 16.3 Å². The van der Waals surface area contributed by atoms with Crippen LogP contribution in [0, 0.1) is 17.8 Å². The monoisotopic (exact) mass is 320 g/mol. The number of rotatable bonds is 4. The van der Waals surface area contributed by atoms with Crippen molar-refractivity contribution in [3.8, 4) is 0 Å². The van der Waals surface area contributed by atoms with Crippen LogP contribution >= 0.6 is 11.6 Å². The third-order valence-electron chi connectivity index (χ3n) is 5.70. The number of allylic oxidation sites excluding steroid dienone is 6. The van der Waals surface area contributed by atoms with Crippen molar-refractivity contribution in [2.75, 3.05) is 13.7 Å². The molecule has 3 rings (SSSR count). The Hall–Kier alpha value is -0.530. The standard InChI is InChI=1S/C20H29ClO/c1-22-14-15-11-18(16-5-3-2-4-6-16)13-19(12-15)17-7-9-20(21)10-8-17/h7,9,13,15-16,18H,2-6,8,10-12,14H2,1H3.